The molecule has 0 saturated carbocycles. The van der Waals surface area contributed by atoms with Crippen LogP contribution in [0.15, 0.2) is 152 Å². The van der Waals surface area contributed by atoms with Gasteiger partial charge in [0, 0.05) is 27.6 Å². The molecule has 0 atom stereocenters. The van der Waals surface area contributed by atoms with Crippen LogP contribution in [0.3, 0.4) is 0 Å². The maximum Gasteiger partial charge on any atom is 0.160 e. The molecule has 0 bridgehead atoms. The van der Waals surface area contributed by atoms with Crippen molar-refractivity contribution < 1.29 is 0 Å². The summed E-state index contributed by atoms with van der Waals surface area (Å²) >= 11 is 0. The SMILES string of the molecule is c1ccc2cc(-c3cc(-c4ccc(-c5ccc6ccccc6n5)cc4)nc(-c4ccc5ccccc5c4)n3)ccc2c1. The molecule has 0 unspecified atom stereocenters. The predicted octanol–water partition coefficient (Wildman–Crippen LogP) is 10.00. The number of hydrogen-bond acceptors (Lipinski definition) is 3. The summed E-state index contributed by atoms with van der Waals surface area (Å²) in [5.41, 5.74) is 7.90. The van der Waals surface area contributed by atoms with Gasteiger partial charge in [0.15, 0.2) is 5.82 Å². The normalized spacial score (nSPS) is 11.3. The van der Waals surface area contributed by atoms with Crippen molar-refractivity contribution in [2.45, 2.75) is 0 Å². The van der Waals surface area contributed by atoms with Gasteiger partial charge in [-0.1, -0.05) is 121 Å². The molecule has 0 N–H and O–H groups in total. The summed E-state index contributed by atoms with van der Waals surface area (Å²) in [7, 11) is 0. The number of nitrogens with zero attached hydrogens (tertiary/aromatic N) is 3. The summed E-state index contributed by atoms with van der Waals surface area (Å²) in [6.07, 6.45) is 0. The largest absolute Gasteiger partial charge is 0.248 e. The van der Waals surface area contributed by atoms with Crippen molar-refractivity contribution in [2.24, 2.45) is 0 Å². The van der Waals surface area contributed by atoms with Crippen LogP contribution in [-0.4, -0.2) is 15.0 Å². The molecule has 8 aromatic rings. The van der Waals surface area contributed by atoms with Crippen LogP contribution < -0.4 is 0 Å². The first-order chi connectivity index (χ1) is 20.8. The number of fused-ring (bicyclic) bond motifs is 3. The summed E-state index contributed by atoms with van der Waals surface area (Å²) in [4.78, 5) is 15.1. The van der Waals surface area contributed by atoms with E-state index in [1.807, 2.05) is 12.1 Å². The van der Waals surface area contributed by atoms with E-state index in [4.69, 9.17) is 15.0 Å². The molecule has 42 heavy (non-hydrogen) atoms. The first-order valence-corrected chi connectivity index (χ1v) is 14.1. The molecule has 0 saturated heterocycles. The van der Waals surface area contributed by atoms with Crippen LogP contribution in [0, 0.1) is 0 Å². The van der Waals surface area contributed by atoms with E-state index in [2.05, 4.69) is 140 Å². The molecule has 6 aromatic carbocycles. The summed E-state index contributed by atoms with van der Waals surface area (Å²) < 4.78 is 0. The van der Waals surface area contributed by atoms with E-state index in [0.717, 1.165) is 50.2 Å². The van der Waals surface area contributed by atoms with E-state index < -0.39 is 0 Å². The molecule has 3 heteroatoms. The first kappa shape index (κ1) is 24.2. The minimum Gasteiger partial charge on any atom is -0.248 e. The van der Waals surface area contributed by atoms with Gasteiger partial charge in [-0.15, -0.1) is 0 Å². The van der Waals surface area contributed by atoms with Crippen LogP contribution in [0.25, 0.3) is 77.6 Å². The third-order valence-electron chi connectivity index (χ3n) is 7.85. The molecule has 0 aliphatic rings. The van der Waals surface area contributed by atoms with Crippen molar-refractivity contribution in [2.75, 3.05) is 0 Å². The van der Waals surface area contributed by atoms with Crippen LogP contribution >= 0.6 is 0 Å². The monoisotopic (exact) mass is 535 g/mol. The molecule has 0 aliphatic carbocycles. The molecule has 0 amide bonds. The second-order valence-electron chi connectivity index (χ2n) is 10.6. The Balaban J connectivity index is 1.25. The van der Waals surface area contributed by atoms with Crippen LogP contribution in [0.4, 0.5) is 0 Å². The van der Waals surface area contributed by atoms with E-state index >= 15 is 0 Å². The van der Waals surface area contributed by atoms with Crippen molar-refractivity contribution >= 4 is 32.4 Å². The first-order valence-electron chi connectivity index (χ1n) is 14.1. The molecule has 0 fully saturated rings. The number of para-hydroxylation sites is 1. The number of aromatic nitrogens is 3. The van der Waals surface area contributed by atoms with Gasteiger partial charge in [-0.3, -0.25) is 0 Å². The number of hydrogen-bond donors (Lipinski definition) is 0. The number of pyridine rings is 1. The van der Waals surface area contributed by atoms with Gasteiger partial charge in [0.25, 0.3) is 0 Å². The average Bonchev–Trinajstić information content (AvgIpc) is 3.07. The fourth-order valence-corrected chi connectivity index (χ4v) is 5.59. The molecule has 2 aromatic heterocycles. The molecule has 8 rings (SSSR count). The lowest BCUT2D eigenvalue weighted by molar-refractivity contribution is 1.18. The molecule has 196 valence electrons. The van der Waals surface area contributed by atoms with Crippen molar-refractivity contribution in [3.8, 4) is 45.2 Å². The lowest BCUT2D eigenvalue weighted by atomic mass is 10.0. The Bertz CT molecular complexity index is 2150. The highest BCUT2D eigenvalue weighted by Crippen LogP contribution is 2.31. The van der Waals surface area contributed by atoms with Gasteiger partial charge < -0.3 is 0 Å². The molecular formula is C39H25N3. The van der Waals surface area contributed by atoms with Gasteiger partial charge in [0.1, 0.15) is 0 Å². The van der Waals surface area contributed by atoms with Crippen LogP contribution in [0.2, 0.25) is 0 Å². The Morgan fingerprint density at radius 2 is 0.762 bits per heavy atom. The van der Waals surface area contributed by atoms with Gasteiger partial charge in [0.2, 0.25) is 0 Å². The maximum atomic E-state index is 5.09. The third kappa shape index (κ3) is 4.47. The second-order valence-corrected chi connectivity index (χ2v) is 10.6. The minimum atomic E-state index is 0.710. The van der Waals surface area contributed by atoms with Gasteiger partial charge in [-0.25, -0.2) is 15.0 Å². The zero-order valence-electron chi connectivity index (χ0n) is 22.8. The highest BCUT2D eigenvalue weighted by molar-refractivity contribution is 5.89. The van der Waals surface area contributed by atoms with Crippen molar-refractivity contribution in [1.82, 2.24) is 15.0 Å². The molecule has 0 spiro atoms. The smallest absolute Gasteiger partial charge is 0.160 e. The van der Waals surface area contributed by atoms with E-state index in [9.17, 15) is 0 Å². The average molecular weight is 536 g/mol. The molecular weight excluding hydrogens is 510 g/mol. The Morgan fingerprint density at radius 1 is 0.286 bits per heavy atom. The van der Waals surface area contributed by atoms with Gasteiger partial charge >= 0.3 is 0 Å². The lowest BCUT2D eigenvalue weighted by Gasteiger charge is -2.11. The Labute approximate surface area is 243 Å². The molecule has 0 aliphatic heterocycles. The molecule has 0 radical (unpaired) electrons. The number of benzene rings is 6. The zero-order valence-corrected chi connectivity index (χ0v) is 22.8. The fourth-order valence-electron chi connectivity index (χ4n) is 5.59. The topological polar surface area (TPSA) is 38.7 Å². The van der Waals surface area contributed by atoms with Crippen LogP contribution in [-0.2, 0) is 0 Å². The van der Waals surface area contributed by atoms with E-state index in [-0.39, 0.29) is 0 Å². The fraction of sp³-hybridized carbons (Fsp3) is 0. The maximum absolute atomic E-state index is 5.09. The molecule has 2 heterocycles. The second kappa shape index (κ2) is 10.1. The van der Waals surface area contributed by atoms with Crippen molar-refractivity contribution in [3.63, 3.8) is 0 Å². The van der Waals surface area contributed by atoms with Crippen molar-refractivity contribution in [3.05, 3.63) is 152 Å². The predicted molar refractivity (Wildman–Crippen MR) is 174 cm³/mol. The van der Waals surface area contributed by atoms with Gasteiger partial charge in [-0.05, 0) is 51.9 Å². The zero-order chi connectivity index (χ0) is 27.9. The standard InChI is InChI=1S/C39H25N3/c1-3-10-31-23-33(19-13-26(31)7-1)38-25-37(41-39(42-38)34-20-14-27-8-2-4-11-32(27)24-34)30-17-15-29(16-18-30)36-22-21-28-9-5-6-12-35(28)40-36/h1-25H. The van der Waals surface area contributed by atoms with E-state index in [1.165, 1.54) is 21.5 Å². The Hall–Kier alpha value is -5.67. The highest BCUT2D eigenvalue weighted by atomic mass is 14.9. The lowest BCUT2D eigenvalue weighted by Crippen LogP contribution is -1.96. The summed E-state index contributed by atoms with van der Waals surface area (Å²) in [5.74, 6) is 0.710. The molecule has 3 nitrogen and oxygen atoms in total. The van der Waals surface area contributed by atoms with Crippen LogP contribution in [0.1, 0.15) is 0 Å². The summed E-state index contributed by atoms with van der Waals surface area (Å²) in [6.45, 7) is 0. The summed E-state index contributed by atoms with van der Waals surface area (Å²) in [5, 5.41) is 5.91. The van der Waals surface area contributed by atoms with E-state index in [1.54, 1.807) is 0 Å². The highest BCUT2D eigenvalue weighted by Gasteiger charge is 2.12. The number of rotatable bonds is 4. The third-order valence-corrected chi connectivity index (χ3v) is 7.85. The van der Waals surface area contributed by atoms with E-state index in [0.29, 0.717) is 5.82 Å². The van der Waals surface area contributed by atoms with Gasteiger partial charge in [0.05, 0.1) is 22.6 Å². The van der Waals surface area contributed by atoms with Gasteiger partial charge in [-0.2, -0.15) is 0 Å². The minimum absolute atomic E-state index is 0.710. The van der Waals surface area contributed by atoms with Crippen molar-refractivity contribution in [1.29, 1.82) is 0 Å². The Kier molecular flexibility index (Phi) is 5.79. The Morgan fingerprint density at radius 3 is 1.45 bits per heavy atom. The summed E-state index contributed by atoms with van der Waals surface area (Å²) in [6, 6.07) is 52.8. The quantitative estimate of drug-likeness (QED) is 0.225. The van der Waals surface area contributed by atoms with Crippen LogP contribution in [0.5, 0.6) is 0 Å².